The molecule has 0 spiro atoms. The Morgan fingerprint density at radius 1 is 1.61 bits per heavy atom. The monoisotopic (exact) mass is 288 g/mol. The lowest BCUT2D eigenvalue weighted by atomic mass is 10.4. The maximum Gasteiger partial charge on any atom is 0.353 e. The van der Waals surface area contributed by atoms with E-state index >= 15 is 0 Å². The van der Waals surface area contributed by atoms with Crippen molar-refractivity contribution in [3.05, 3.63) is 33.7 Å². The number of rotatable bonds is 4. The predicted octanol–water partition coefficient (Wildman–Crippen LogP) is 0.734. The van der Waals surface area contributed by atoms with E-state index in [1.807, 2.05) is 6.26 Å². The predicted molar refractivity (Wildman–Crippen MR) is 70.3 cm³/mol. The average Bonchev–Trinajstić information content (AvgIpc) is 2.73. The summed E-state index contributed by atoms with van der Waals surface area (Å²) in [6, 6.07) is 1.32. The maximum atomic E-state index is 11.7. The summed E-state index contributed by atoms with van der Waals surface area (Å²) in [5, 5.41) is 18.2. The van der Waals surface area contributed by atoms with Gasteiger partial charge in [0.05, 0.1) is 6.61 Å². The largest absolute Gasteiger partial charge is 0.493 e. The molecule has 18 heavy (non-hydrogen) atoms. The zero-order valence-electron chi connectivity index (χ0n) is 9.52. The molecule has 98 valence electrons. The van der Waals surface area contributed by atoms with Crippen LogP contribution >= 0.6 is 21.6 Å². The van der Waals surface area contributed by atoms with Gasteiger partial charge in [-0.1, -0.05) is 21.6 Å². The van der Waals surface area contributed by atoms with Gasteiger partial charge < -0.3 is 14.9 Å². The second-order valence-electron chi connectivity index (χ2n) is 3.50. The Bertz CT molecular complexity index is 517. The molecule has 0 fully saturated rings. The van der Waals surface area contributed by atoms with Gasteiger partial charge in [-0.2, -0.15) is 4.98 Å². The molecule has 2 rings (SSSR count). The molecule has 1 aliphatic rings. The van der Waals surface area contributed by atoms with Crippen molar-refractivity contribution in [1.82, 2.24) is 9.55 Å². The Morgan fingerprint density at radius 3 is 3.00 bits per heavy atom. The van der Waals surface area contributed by atoms with Crippen molar-refractivity contribution < 1.29 is 14.9 Å². The summed E-state index contributed by atoms with van der Waals surface area (Å²) < 4.78 is 6.83. The molecule has 2 atom stereocenters. The van der Waals surface area contributed by atoms with E-state index in [0.717, 1.165) is 4.91 Å². The smallest absolute Gasteiger partial charge is 0.353 e. The molecule has 1 aromatic rings. The maximum absolute atomic E-state index is 11.7. The highest BCUT2D eigenvalue weighted by Gasteiger charge is 2.29. The third-order valence-electron chi connectivity index (χ3n) is 2.32. The lowest BCUT2D eigenvalue weighted by Crippen LogP contribution is -2.28. The molecule has 0 amide bonds. The van der Waals surface area contributed by atoms with Crippen molar-refractivity contribution in [2.75, 3.05) is 12.9 Å². The Balaban J connectivity index is 2.32. The lowest BCUT2D eigenvalue weighted by molar-refractivity contribution is -0.0116. The van der Waals surface area contributed by atoms with E-state index in [9.17, 15) is 4.79 Å². The Morgan fingerprint density at radius 2 is 2.39 bits per heavy atom. The molecule has 0 aliphatic carbocycles. The minimum absolute atomic E-state index is 0.144. The minimum Gasteiger partial charge on any atom is -0.493 e. The van der Waals surface area contributed by atoms with Crippen LogP contribution in [0.15, 0.2) is 28.0 Å². The highest BCUT2D eigenvalue weighted by Crippen LogP contribution is 2.40. The highest BCUT2D eigenvalue weighted by atomic mass is 33.1. The highest BCUT2D eigenvalue weighted by molar-refractivity contribution is 8.77. The Hall–Kier alpha value is -0.960. The van der Waals surface area contributed by atoms with Crippen LogP contribution in [0.2, 0.25) is 0 Å². The molecule has 0 unspecified atom stereocenters. The molecule has 2 N–H and O–H groups in total. The summed E-state index contributed by atoms with van der Waals surface area (Å²) in [5.41, 5.74) is -0.591. The van der Waals surface area contributed by atoms with Crippen molar-refractivity contribution in [3.63, 3.8) is 0 Å². The van der Waals surface area contributed by atoms with Gasteiger partial charge in [-0.3, -0.25) is 4.57 Å². The number of hydrogen-bond donors (Lipinski definition) is 2. The topological polar surface area (TPSA) is 84.6 Å². The lowest BCUT2D eigenvalue weighted by Gasteiger charge is -2.17. The van der Waals surface area contributed by atoms with Crippen LogP contribution in [0.1, 0.15) is 6.23 Å². The van der Waals surface area contributed by atoms with Gasteiger partial charge in [0.1, 0.15) is 6.10 Å². The third-order valence-corrected chi connectivity index (χ3v) is 4.10. The van der Waals surface area contributed by atoms with Crippen LogP contribution in [-0.4, -0.2) is 38.7 Å². The first-order chi connectivity index (χ1) is 8.65. The van der Waals surface area contributed by atoms with E-state index in [0.29, 0.717) is 0 Å². The Kier molecular flexibility index (Phi) is 4.33. The number of ether oxygens (including phenoxy) is 1. The summed E-state index contributed by atoms with van der Waals surface area (Å²) >= 11 is 0. The van der Waals surface area contributed by atoms with Crippen molar-refractivity contribution in [2.45, 2.75) is 12.3 Å². The number of aromatic hydroxyl groups is 1. The molecule has 0 saturated carbocycles. The SMILES string of the molecule is CSSC1=C[C@@H](CO)O[C@H]1n1ccc(O)nc1=O. The van der Waals surface area contributed by atoms with Gasteiger partial charge in [0.2, 0.25) is 5.88 Å². The molecular formula is C10H12N2O4S2. The van der Waals surface area contributed by atoms with E-state index in [2.05, 4.69) is 4.98 Å². The van der Waals surface area contributed by atoms with E-state index in [1.54, 1.807) is 6.08 Å². The van der Waals surface area contributed by atoms with Crippen LogP contribution in [0.5, 0.6) is 5.88 Å². The van der Waals surface area contributed by atoms with Gasteiger partial charge in [0.15, 0.2) is 6.23 Å². The van der Waals surface area contributed by atoms with Crippen molar-refractivity contribution >= 4 is 21.6 Å². The minimum atomic E-state index is -0.597. The van der Waals surface area contributed by atoms with Gasteiger partial charge in [0.25, 0.3) is 0 Å². The van der Waals surface area contributed by atoms with Crippen LogP contribution in [0, 0.1) is 0 Å². The zero-order valence-corrected chi connectivity index (χ0v) is 11.1. The van der Waals surface area contributed by atoms with Gasteiger partial charge in [-0.05, 0) is 12.3 Å². The number of aromatic nitrogens is 2. The van der Waals surface area contributed by atoms with Gasteiger partial charge in [-0.25, -0.2) is 4.79 Å². The third kappa shape index (κ3) is 2.72. The van der Waals surface area contributed by atoms with Crippen molar-refractivity contribution in [2.24, 2.45) is 0 Å². The van der Waals surface area contributed by atoms with E-state index in [4.69, 9.17) is 14.9 Å². The van der Waals surface area contributed by atoms with Crippen LogP contribution in [0.3, 0.4) is 0 Å². The fourth-order valence-electron chi connectivity index (χ4n) is 1.58. The number of hydrogen-bond acceptors (Lipinski definition) is 7. The van der Waals surface area contributed by atoms with E-state index in [-0.39, 0.29) is 12.5 Å². The molecule has 8 heteroatoms. The molecule has 6 nitrogen and oxygen atoms in total. The van der Waals surface area contributed by atoms with Crippen LogP contribution < -0.4 is 5.69 Å². The Labute approximate surface area is 111 Å². The molecule has 1 aliphatic heterocycles. The summed E-state index contributed by atoms with van der Waals surface area (Å²) in [4.78, 5) is 15.9. The van der Waals surface area contributed by atoms with Crippen molar-refractivity contribution in [1.29, 1.82) is 0 Å². The van der Waals surface area contributed by atoms with E-state index < -0.39 is 18.0 Å². The second kappa shape index (κ2) is 5.79. The quantitative estimate of drug-likeness (QED) is 0.790. The summed E-state index contributed by atoms with van der Waals surface area (Å²) in [7, 11) is 2.99. The van der Waals surface area contributed by atoms with Gasteiger partial charge in [0, 0.05) is 17.2 Å². The molecule has 0 aromatic carbocycles. The zero-order chi connectivity index (χ0) is 13.1. The first-order valence-electron chi connectivity index (χ1n) is 5.12. The fraction of sp³-hybridized carbons (Fsp3) is 0.400. The molecule has 2 heterocycles. The molecule has 0 saturated heterocycles. The van der Waals surface area contributed by atoms with Crippen LogP contribution in [0.25, 0.3) is 0 Å². The molecular weight excluding hydrogens is 276 g/mol. The number of aliphatic hydroxyl groups is 1. The standard InChI is InChI=1S/C10H12N2O4S2/c1-17-18-7-4-6(5-13)16-9(7)12-3-2-8(14)11-10(12)15/h2-4,6,9,13H,5H2,1H3,(H,11,14,15)/t6-,9+/m0/s1. The normalized spacial score (nSPS) is 23.1. The first kappa shape index (κ1) is 13.5. The first-order valence-corrected chi connectivity index (χ1v) is 7.68. The molecule has 0 bridgehead atoms. The van der Waals surface area contributed by atoms with Crippen LogP contribution in [-0.2, 0) is 4.74 Å². The average molecular weight is 288 g/mol. The summed E-state index contributed by atoms with van der Waals surface area (Å²) in [6.45, 7) is -0.144. The van der Waals surface area contributed by atoms with Crippen molar-refractivity contribution in [3.8, 4) is 5.88 Å². The fourth-order valence-corrected chi connectivity index (χ4v) is 3.23. The van der Waals surface area contributed by atoms with Crippen LogP contribution in [0.4, 0.5) is 0 Å². The molecule has 1 aromatic heterocycles. The number of aliphatic hydroxyl groups excluding tert-OH is 1. The summed E-state index contributed by atoms with van der Waals surface area (Å²) in [6.07, 6.45) is 4.09. The summed E-state index contributed by atoms with van der Waals surface area (Å²) in [5.74, 6) is -0.323. The van der Waals surface area contributed by atoms with Gasteiger partial charge >= 0.3 is 5.69 Å². The number of nitrogens with zero attached hydrogens (tertiary/aromatic N) is 2. The second-order valence-corrected chi connectivity index (χ2v) is 5.98. The van der Waals surface area contributed by atoms with Gasteiger partial charge in [-0.15, -0.1) is 0 Å². The van der Waals surface area contributed by atoms with E-state index in [1.165, 1.54) is 38.4 Å². The molecule has 0 radical (unpaired) electrons.